The van der Waals surface area contributed by atoms with E-state index >= 15 is 0 Å². The molecule has 0 bridgehead atoms. The molecule has 1 aromatic heterocycles. The van der Waals surface area contributed by atoms with Gasteiger partial charge in [0.25, 0.3) is 0 Å². The van der Waals surface area contributed by atoms with Crippen LogP contribution in [0.15, 0.2) is 28.7 Å². The number of furan rings is 1. The van der Waals surface area contributed by atoms with Gasteiger partial charge in [0.2, 0.25) is 0 Å². The van der Waals surface area contributed by atoms with Gasteiger partial charge in [0.05, 0.1) is 6.04 Å². The van der Waals surface area contributed by atoms with Gasteiger partial charge in [0.1, 0.15) is 11.3 Å². The van der Waals surface area contributed by atoms with E-state index in [-0.39, 0.29) is 6.04 Å². The molecule has 0 aliphatic heterocycles. The third-order valence-electron chi connectivity index (χ3n) is 2.68. The summed E-state index contributed by atoms with van der Waals surface area (Å²) in [6, 6.07) is 8.32. The van der Waals surface area contributed by atoms with Gasteiger partial charge in [0.15, 0.2) is 0 Å². The van der Waals surface area contributed by atoms with Gasteiger partial charge in [-0.2, -0.15) is 0 Å². The lowest BCUT2D eigenvalue weighted by Gasteiger charge is -2.03. The van der Waals surface area contributed by atoms with E-state index in [1.165, 1.54) is 5.56 Å². The summed E-state index contributed by atoms with van der Waals surface area (Å²) >= 11 is 0. The average molecular weight is 203 g/mol. The molecule has 1 aromatic carbocycles. The minimum Gasteiger partial charge on any atom is -0.459 e. The van der Waals surface area contributed by atoms with Gasteiger partial charge < -0.3 is 10.2 Å². The van der Waals surface area contributed by atoms with Crippen molar-refractivity contribution in [2.45, 2.75) is 32.7 Å². The molecule has 2 nitrogen and oxygen atoms in total. The molecule has 0 saturated carbocycles. The minimum absolute atomic E-state index is 0.0418. The molecule has 0 aliphatic carbocycles. The number of rotatable bonds is 2. The highest BCUT2D eigenvalue weighted by Gasteiger charge is 2.08. The molecule has 1 unspecified atom stereocenters. The van der Waals surface area contributed by atoms with Crippen molar-refractivity contribution in [2.24, 2.45) is 5.73 Å². The van der Waals surface area contributed by atoms with E-state index in [9.17, 15) is 0 Å². The number of hydrogen-bond acceptors (Lipinski definition) is 2. The predicted octanol–water partition coefficient (Wildman–Crippen LogP) is 3.58. The first-order valence-corrected chi connectivity index (χ1v) is 5.37. The SMILES string of the molecule is CC(C)c1ccc2cc(C(C)N)oc2c1. The van der Waals surface area contributed by atoms with E-state index < -0.39 is 0 Å². The third kappa shape index (κ3) is 1.90. The van der Waals surface area contributed by atoms with E-state index in [4.69, 9.17) is 10.2 Å². The fourth-order valence-electron chi connectivity index (χ4n) is 1.65. The zero-order valence-electron chi connectivity index (χ0n) is 9.45. The highest BCUT2D eigenvalue weighted by Crippen LogP contribution is 2.26. The summed E-state index contributed by atoms with van der Waals surface area (Å²) in [5.41, 5.74) is 8.02. The van der Waals surface area contributed by atoms with Crippen molar-refractivity contribution in [3.8, 4) is 0 Å². The van der Waals surface area contributed by atoms with Crippen LogP contribution < -0.4 is 5.73 Å². The van der Waals surface area contributed by atoms with E-state index in [1.54, 1.807) is 0 Å². The molecule has 2 heteroatoms. The van der Waals surface area contributed by atoms with Crippen LogP contribution in [0.4, 0.5) is 0 Å². The van der Waals surface area contributed by atoms with E-state index in [2.05, 4.69) is 32.0 Å². The maximum absolute atomic E-state index is 5.78. The second-order valence-corrected chi connectivity index (χ2v) is 4.39. The van der Waals surface area contributed by atoms with Crippen LogP contribution >= 0.6 is 0 Å². The first-order chi connectivity index (χ1) is 7.08. The summed E-state index contributed by atoms with van der Waals surface area (Å²) in [4.78, 5) is 0. The van der Waals surface area contributed by atoms with Gasteiger partial charge in [-0.1, -0.05) is 26.0 Å². The van der Waals surface area contributed by atoms with Crippen molar-refractivity contribution >= 4 is 11.0 Å². The molecule has 0 fully saturated rings. The van der Waals surface area contributed by atoms with Crippen LogP contribution in [0, 0.1) is 0 Å². The Labute approximate surface area is 90.1 Å². The fourth-order valence-corrected chi connectivity index (χ4v) is 1.65. The van der Waals surface area contributed by atoms with Crippen LogP contribution in [0.3, 0.4) is 0 Å². The Hall–Kier alpha value is -1.28. The molecule has 2 rings (SSSR count). The molecule has 2 aromatic rings. The van der Waals surface area contributed by atoms with Crippen molar-refractivity contribution in [1.29, 1.82) is 0 Å². The predicted molar refractivity (Wildman–Crippen MR) is 62.9 cm³/mol. The quantitative estimate of drug-likeness (QED) is 0.810. The molecule has 80 valence electrons. The molecule has 0 aliphatic rings. The minimum atomic E-state index is -0.0418. The number of benzene rings is 1. The zero-order valence-corrected chi connectivity index (χ0v) is 9.45. The standard InChI is InChI=1S/C13H17NO/c1-8(2)10-4-5-11-7-12(9(3)14)15-13(11)6-10/h4-9H,14H2,1-3H3. The fraction of sp³-hybridized carbons (Fsp3) is 0.385. The Bertz CT molecular complexity index is 462. The smallest absolute Gasteiger partial charge is 0.134 e. The molecule has 15 heavy (non-hydrogen) atoms. The van der Waals surface area contributed by atoms with Gasteiger partial charge in [-0.05, 0) is 30.5 Å². The molecular formula is C13H17NO. The van der Waals surface area contributed by atoms with Gasteiger partial charge >= 0.3 is 0 Å². The Morgan fingerprint density at radius 1 is 1.13 bits per heavy atom. The maximum atomic E-state index is 5.78. The average Bonchev–Trinajstić information content (AvgIpc) is 2.59. The largest absolute Gasteiger partial charge is 0.459 e. The summed E-state index contributed by atoms with van der Waals surface area (Å²) in [5.74, 6) is 1.38. The van der Waals surface area contributed by atoms with E-state index in [0.29, 0.717) is 5.92 Å². The van der Waals surface area contributed by atoms with E-state index in [0.717, 1.165) is 16.7 Å². The highest BCUT2D eigenvalue weighted by molar-refractivity contribution is 5.78. The first-order valence-electron chi connectivity index (χ1n) is 5.37. The molecule has 1 atom stereocenters. The summed E-state index contributed by atoms with van der Waals surface area (Å²) in [7, 11) is 0. The lowest BCUT2D eigenvalue weighted by Crippen LogP contribution is -2.02. The monoisotopic (exact) mass is 203 g/mol. The van der Waals surface area contributed by atoms with Gasteiger partial charge in [-0.25, -0.2) is 0 Å². The summed E-state index contributed by atoms with van der Waals surface area (Å²) < 4.78 is 5.70. The van der Waals surface area contributed by atoms with Gasteiger partial charge in [-0.3, -0.25) is 0 Å². The summed E-state index contributed by atoms with van der Waals surface area (Å²) in [6.45, 7) is 6.29. The lowest BCUT2D eigenvalue weighted by molar-refractivity contribution is 0.512. The Kier molecular flexibility index (Phi) is 2.53. The number of fused-ring (bicyclic) bond motifs is 1. The van der Waals surface area contributed by atoms with Crippen LogP contribution in [0.1, 0.15) is 44.1 Å². The molecule has 1 heterocycles. The first kappa shape index (κ1) is 10.2. The lowest BCUT2D eigenvalue weighted by atomic mass is 10.0. The van der Waals surface area contributed by atoms with Crippen molar-refractivity contribution in [3.05, 3.63) is 35.6 Å². The van der Waals surface area contributed by atoms with Crippen LogP contribution in [0.25, 0.3) is 11.0 Å². The van der Waals surface area contributed by atoms with Crippen molar-refractivity contribution < 1.29 is 4.42 Å². The normalized spacial score (nSPS) is 13.7. The van der Waals surface area contributed by atoms with Crippen LogP contribution in [0.5, 0.6) is 0 Å². The molecule has 0 amide bonds. The van der Waals surface area contributed by atoms with Crippen LogP contribution in [-0.4, -0.2) is 0 Å². The van der Waals surface area contributed by atoms with Gasteiger partial charge in [0, 0.05) is 5.39 Å². The van der Waals surface area contributed by atoms with Crippen molar-refractivity contribution in [2.75, 3.05) is 0 Å². The Balaban J connectivity index is 2.52. The maximum Gasteiger partial charge on any atom is 0.134 e. The topological polar surface area (TPSA) is 39.2 Å². The highest BCUT2D eigenvalue weighted by atomic mass is 16.3. The zero-order chi connectivity index (χ0) is 11.0. The molecule has 0 saturated heterocycles. The Morgan fingerprint density at radius 2 is 1.87 bits per heavy atom. The molecule has 0 spiro atoms. The van der Waals surface area contributed by atoms with Crippen molar-refractivity contribution in [1.82, 2.24) is 0 Å². The number of nitrogens with two attached hydrogens (primary N) is 1. The number of hydrogen-bond donors (Lipinski definition) is 1. The van der Waals surface area contributed by atoms with Crippen LogP contribution in [-0.2, 0) is 0 Å². The third-order valence-corrected chi connectivity index (χ3v) is 2.68. The van der Waals surface area contributed by atoms with Crippen molar-refractivity contribution in [3.63, 3.8) is 0 Å². The summed E-state index contributed by atoms with van der Waals surface area (Å²) in [5, 5.41) is 1.13. The summed E-state index contributed by atoms with van der Waals surface area (Å²) in [6.07, 6.45) is 0. The Morgan fingerprint density at radius 3 is 2.47 bits per heavy atom. The second-order valence-electron chi connectivity index (χ2n) is 4.39. The van der Waals surface area contributed by atoms with Crippen LogP contribution in [0.2, 0.25) is 0 Å². The molecule has 0 radical (unpaired) electrons. The molecule has 2 N–H and O–H groups in total. The second kappa shape index (κ2) is 3.70. The molecular weight excluding hydrogens is 186 g/mol. The van der Waals surface area contributed by atoms with E-state index in [1.807, 2.05) is 13.0 Å². The van der Waals surface area contributed by atoms with Gasteiger partial charge in [-0.15, -0.1) is 0 Å².